The van der Waals surface area contributed by atoms with Crippen molar-refractivity contribution in [3.05, 3.63) is 11.6 Å². The predicted octanol–water partition coefficient (Wildman–Crippen LogP) is 5.15. The molecule has 3 nitrogen and oxygen atoms in total. The van der Waals surface area contributed by atoms with Gasteiger partial charge in [-0.05, 0) is 30.6 Å². The van der Waals surface area contributed by atoms with Crippen molar-refractivity contribution in [2.24, 2.45) is 16.7 Å². The first-order chi connectivity index (χ1) is 8.48. The van der Waals surface area contributed by atoms with E-state index in [1.54, 1.807) is 0 Å². The number of cyclic esters (lactones) is 2. The molecule has 0 spiro atoms. The van der Waals surface area contributed by atoms with Gasteiger partial charge in [-0.3, -0.25) is 9.59 Å². The first-order valence-corrected chi connectivity index (χ1v) is 6.91. The second kappa shape index (κ2) is 7.77. The minimum Gasteiger partial charge on any atom is -0.393 e. The zero-order chi connectivity index (χ0) is 14.8. The highest BCUT2D eigenvalue weighted by Crippen LogP contribution is 2.36. The Bertz CT molecular complexity index is 397. The molecule has 1 aliphatic rings. The molecule has 0 aliphatic carbocycles. The normalized spacial score (nSPS) is 19.7. The fourth-order valence-electron chi connectivity index (χ4n) is 3.21. The van der Waals surface area contributed by atoms with Crippen molar-refractivity contribution >= 4 is 11.9 Å². The Labute approximate surface area is 131 Å². The van der Waals surface area contributed by atoms with Gasteiger partial charge in [0.1, 0.15) is 0 Å². The van der Waals surface area contributed by atoms with Crippen LogP contribution in [0.1, 0.15) is 75.7 Å². The van der Waals surface area contributed by atoms with E-state index in [9.17, 15) is 9.59 Å². The summed E-state index contributed by atoms with van der Waals surface area (Å²) in [4.78, 5) is 22.5. The summed E-state index contributed by atoms with van der Waals surface area (Å²) in [6.45, 7) is 13.1. The molecule has 1 heterocycles. The van der Waals surface area contributed by atoms with Gasteiger partial charge < -0.3 is 4.74 Å². The van der Waals surface area contributed by atoms with Crippen molar-refractivity contribution in [2.75, 3.05) is 0 Å². The van der Waals surface area contributed by atoms with Crippen LogP contribution in [0.15, 0.2) is 11.6 Å². The number of ether oxygens (including phenoxy) is 1. The summed E-state index contributed by atoms with van der Waals surface area (Å²) in [7, 11) is 0. The summed E-state index contributed by atoms with van der Waals surface area (Å²) in [6, 6.07) is 0. The second-order valence-corrected chi connectivity index (χ2v) is 7.61. The first kappa shape index (κ1) is 22.2. The molecule has 3 heteroatoms. The lowest BCUT2D eigenvalue weighted by Gasteiger charge is -2.30. The van der Waals surface area contributed by atoms with Crippen LogP contribution in [0.25, 0.3) is 0 Å². The Balaban J connectivity index is 0. The van der Waals surface area contributed by atoms with Gasteiger partial charge in [0, 0.05) is 0 Å². The minimum atomic E-state index is -0.392. The van der Waals surface area contributed by atoms with Crippen LogP contribution in [-0.2, 0) is 14.3 Å². The highest BCUT2D eigenvalue weighted by atomic mass is 16.6. The zero-order valence-corrected chi connectivity index (χ0v) is 13.0. The Hall–Kier alpha value is -1.12. The van der Waals surface area contributed by atoms with Crippen molar-refractivity contribution < 1.29 is 14.3 Å². The number of rotatable bonds is 4. The zero-order valence-electron chi connectivity index (χ0n) is 13.0. The average Bonchev–Trinajstić information content (AvgIpc) is 2.38. The Morgan fingerprint density at radius 3 is 2.10 bits per heavy atom. The molecule has 0 aromatic rings. The second-order valence-electron chi connectivity index (χ2n) is 7.61. The van der Waals surface area contributed by atoms with E-state index in [-0.39, 0.29) is 44.0 Å². The predicted molar refractivity (Wildman–Crippen MR) is 88.9 cm³/mol. The van der Waals surface area contributed by atoms with Gasteiger partial charge in [0.05, 0.1) is 12.3 Å². The molecule has 1 aliphatic heterocycles. The number of carbonyl (C=O) groups is 2. The van der Waals surface area contributed by atoms with Crippen LogP contribution in [-0.4, -0.2) is 11.9 Å². The summed E-state index contributed by atoms with van der Waals surface area (Å²) in [5.74, 6) is -1.04. The quantitative estimate of drug-likeness (QED) is 0.409. The van der Waals surface area contributed by atoms with E-state index in [2.05, 4.69) is 45.4 Å². The third kappa shape index (κ3) is 8.03. The Morgan fingerprint density at radius 2 is 1.71 bits per heavy atom. The molecular weight excluding hydrogens is 264 g/mol. The number of carbonyl (C=O) groups excluding carboxylic acids is 2. The van der Waals surface area contributed by atoms with E-state index >= 15 is 0 Å². The van der Waals surface area contributed by atoms with Crippen molar-refractivity contribution in [3.8, 4) is 0 Å². The molecule has 1 unspecified atom stereocenters. The lowest BCUT2D eigenvalue weighted by molar-refractivity contribution is -0.153. The summed E-state index contributed by atoms with van der Waals surface area (Å²) in [5.41, 5.74) is 1.52. The van der Waals surface area contributed by atoms with Crippen molar-refractivity contribution in [3.63, 3.8) is 0 Å². The summed E-state index contributed by atoms with van der Waals surface area (Å²) in [6.07, 6.45) is 4.15. The Kier molecular flexibility index (Phi) is 8.20. The van der Waals surface area contributed by atoms with Gasteiger partial charge in [-0.1, -0.05) is 61.1 Å². The van der Waals surface area contributed by atoms with E-state index < -0.39 is 5.97 Å². The van der Waals surface area contributed by atoms with Crippen LogP contribution >= 0.6 is 0 Å². The largest absolute Gasteiger partial charge is 0.393 e. The van der Waals surface area contributed by atoms with Gasteiger partial charge in [-0.15, -0.1) is 0 Å². The standard InChI is InChI=1S/C16H26O3.2CH4/c1-11(7-12-8-13(17)19-14(12)18)9-16(5,6)10-15(2,3)4;;/h9,12H,7-8,10H2,1-6H3;2*1H4. The molecular formula is C18H34O3. The molecule has 0 aromatic carbocycles. The minimum absolute atomic E-state index is 0. The monoisotopic (exact) mass is 298 g/mol. The fourth-order valence-corrected chi connectivity index (χ4v) is 3.21. The maximum absolute atomic E-state index is 11.4. The molecule has 1 fully saturated rings. The van der Waals surface area contributed by atoms with Crippen LogP contribution in [0.2, 0.25) is 0 Å². The molecule has 0 aromatic heterocycles. The van der Waals surface area contributed by atoms with Crippen molar-refractivity contribution in [2.45, 2.75) is 75.7 Å². The van der Waals surface area contributed by atoms with Crippen molar-refractivity contribution in [1.29, 1.82) is 0 Å². The highest BCUT2D eigenvalue weighted by Gasteiger charge is 2.33. The van der Waals surface area contributed by atoms with E-state index in [1.165, 1.54) is 0 Å². The molecule has 0 N–H and O–H groups in total. The van der Waals surface area contributed by atoms with Crippen LogP contribution in [0.3, 0.4) is 0 Å². The summed E-state index contributed by atoms with van der Waals surface area (Å²) >= 11 is 0. The van der Waals surface area contributed by atoms with Gasteiger partial charge in [-0.2, -0.15) is 0 Å². The maximum atomic E-state index is 11.4. The first-order valence-electron chi connectivity index (χ1n) is 6.91. The molecule has 21 heavy (non-hydrogen) atoms. The van der Waals surface area contributed by atoms with E-state index in [0.29, 0.717) is 6.42 Å². The molecule has 124 valence electrons. The lowest BCUT2D eigenvalue weighted by atomic mass is 9.75. The number of allylic oxidation sites excluding steroid dienone is 2. The highest BCUT2D eigenvalue weighted by molar-refractivity contribution is 5.94. The van der Waals surface area contributed by atoms with Crippen LogP contribution in [0.5, 0.6) is 0 Å². The molecule has 0 amide bonds. The molecule has 0 bridgehead atoms. The summed E-state index contributed by atoms with van der Waals surface area (Å²) < 4.78 is 4.58. The molecule has 1 saturated heterocycles. The third-order valence-corrected chi connectivity index (χ3v) is 3.15. The molecule has 1 rings (SSSR count). The lowest BCUT2D eigenvalue weighted by Crippen LogP contribution is -2.19. The SMILES string of the molecule is C.C.CC(=CC(C)(C)CC(C)(C)C)CC1CC(=O)OC1=O. The van der Waals surface area contributed by atoms with E-state index in [0.717, 1.165) is 12.0 Å². The van der Waals surface area contributed by atoms with Gasteiger partial charge in [-0.25, -0.2) is 0 Å². The van der Waals surface area contributed by atoms with E-state index in [4.69, 9.17) is 0 Å². The van der Waals surface area contributed by atoms with Gasteiger partial charge in [0.25, 0.3) is 0 Å². The summed E-state index contributed by atoms with van der Waals surface area (Å²) in [5, 5.41) is 0. The fraction of sp³-hybridized carbons (Fsp3) is 0.778. The number of hydrogen-bond donors (Lipinski definition) is 0. The van der Waals surface area contributed by atoms with Crippen LogP contribution < -0.4 is 0 Å². The molecule has 1 atom stereocenters. The molecule has 0 saturated carbocycles. The van der Waals surface area contributed by atoms with Crippen molar-refractivity contribution in [1.82, 2.24) is 0 Å². The average molecular weight is 298 g/mol. The van der Waals surface area contributed by atoms with Gasteiger partial charge in [0.2, 0.25) is 0 Å². The topological polar surface area (TPSA) is 43.4 Å². The third-order valence-electron chi connectivity index (χ3n) is 3.15. The molecule has 0 radical (unpaired) electrons. The Morgan fingerprint density at radius 1 is 1.19 bits per heavy atom. The van der Waals surface area contributed by atoms with E-state index in [1.807, 2.05) is 6.92 Å². The number of hydrogen-bond acceptors (Lipinski definition) is 3. The van der Waals surface area contributed by atoms with Crippen LogP contribution in [0.4, 0.5) is 0 Å². The smallest absolute Gasteiger partial charge is 0.317 e. The maximum Gasteiger partial charge on any atom is 0.317 e. The van der Waals surface area contributed by atoms with Crippen LogP contribution in [0, 0.1) is 16.7 Å². The van der Waals surface area contributed by atoms with Gasteiger partial charge >= 0.3 is 11.9 Å². The number of esters is 2. The van der Waals surface area contributed by atoms with Gasteiger partial charge in [0.15, 0.2) is 0 Å².